The first-order chi connectivity index (χ1) is 15.6. The van der Waals surface area contributed by atoms with Crippen LogP contribution in [-0.2, 0) is 11.8 Å². The minimum Gasteiger partial charge on any atom is -0.378 e. The Morgan fingerprint density at radius 3 is 2.59 bits per heavy atom. The fourth-order valence-electron chi connectivity index (χ4n) is 3.70. The normalized spacial score (nSPS) is 14.0. The third-order valence-corrected chi connectivity index (χ3v) is 5.67. The topological polar surface area (TPSA) is 98.1 Å². The van der Waals surface area contributed by atoms with Crippen LogP contribution in [0.4, 0.5) is 11.6 Å². The molecule has 4 aromatic rings. The Morgan fingerprint density at radius 2 is 1.81 bits per heavy atom. The van der Waals surface area contributed by atoms with E-state index in [1.54, 1.807) is 30.7 Å². The van der Waals surface area contributed by atoms with Gasteiger partial charge in [0.25, 0.3) is 5.91 Å². The number of fused-ring (bicyclic) bond motifs is 1. The lowest BCUT2D eigenvalue weighted by Gasteiger charge is -2.27. The number of morpholine rings is 1. The van der Waals surface area contributed by atoms with Crippen molar-refractivity contribution in [2.45, 2.75) is 6.92 Å². The molecule has 1 saturated heterocycles. The summed E-state index contributed by atoms with van der Waals surface area (Å²) in [7, 11) is 1.96. The molecule has 0 atom stereocenters. The minimum atomic E-state index is -0.231. The van der Waals surface area contributed by atoms with Gasteiger partial charge in [0.15, 0.2) is 0 Å². The number of hydrogen-bond acceptors (Lipinski definition) is 7. The number of nitrogens with one attached hydrogen (secondary N) is 1. The van der Waals surface area contributed by atoms with Crippen molar-refractivity contribution < 1.29 is 9.53 Å². The summed E-state index contributed by atoms with van der Waals surface area (Å²) in [6.07, 6.45) is 6.95. The highest BCUT2D eigenvalue weighted by molar-refractivity contribution is 6.05. The van der Waals surface area contributed by atoms with Gasteiger partial charge in [-0.05, 0) is 36.6 Å². The lowest BCUT2D eigenvalue weighted by molar-refractivity contribution is 0.102. The number of pyridine rings is 3. The zero-order chi connectivity index (χ0) is 22.1. The van der Waals surface area contributed by atoms with Gasteiger partial charge in [-0.2, -0.15) is 0 Å². The molecular weight excluding hydrogens is 406 g/mol. The molecule has 0 bridgehead atoms. The molecule has 1 amide bonds. The number of ether oxygens (including phenoxy) is 1. The first-order valence-electron chi connectivity index (χ1n) is 10.4. The van der Waals surface area contributed by atoms with E-state index in [-0.39, 0.29) is 5.91 Å². The van der Waals surface area contributed by atoms with E-state index >= 15 is 0 Å². The number of carbonyl (C=O) groups is 1. The summed E-state index contributed by atoms with van der Waals surface area (Å²) in [5.41, 5.74) is 2.27. The van der Waals surface area contributed by atoms with E-state index in [2.05, 4.69) is 30.2 Å². The minimum absolute atomic E-state index is 0.231. The van der Waals surface area contributed by atoms with Crippen LogP contribution in [-0.4, -0.2) is 56.7 Å². The van der Waals surface area contributed by atoms with E-state index in [1.807, 2.05) is 36.9 Å². The first-order valence-corrected chi connectivity index (χ1v) is 10.4. The maximum Gasteiger partial charge on any atom is 0.257 e. The van der Waals surface area contributed by atoms with Gasteiger partial charge in [-0.1, -0.05) is 0 Å². The van der Waals surface area contributed by atoms with Crippen LogP contribution in [0.3, 0.4) is 0 Å². The van der Waals surface area contributed by atoms with Gasteiger partial charge < -0.3 is 19.5 Å². The second-order valence-corrected chi connectivity index (χ2v) is 7.69. The second kappa shape index (κ2) is 8.35. The van der Waals surface area contributed by atoms with Crippen molar-refractivity contribution in [3.8, 4) is 11.4 Å². The third kappa shape index (κ3) is 3.90. The number of rotatable bonds is 4. The summed E-state index contributed by atoms with van der Waals surface area (Å²) in [5, 5.41) is 4.72. The van der Waals surface area contributed by atoms with Crippen LogP contribution in [0.15, 0.2) is 49.1 Å². The molecule has 32 heavy (non-hydrogen) atoms. The predicted octanol–water partition coefficient (Wildman–Crippen LogP) is 2.82. The van der Waals surface area contributed by atoms with Crippen LogP contribution in [0, 0.1) is 6.92 Å². The summed E-state index contributed by atoms with van der Waals surface area (Å²) in [5.74, 6) is 1.93. The van der Waals surface area contributed by atoms with Crippen LogP contribution in [0.2, 0.25) is 0 Å². The SMILES string of the molecule is Cc1ncc(-c2cc3cc(NC(=O)c4ccnc(N5CCOCC5)c4)ncc3cn2)n1C. The number of imidazole rings is 1. The van der Waals surface area contributed by atoms with Gasteiger partial charge in [0, 0.05) is 49.7 Å². The Labute approximate surface area is 185 Å². The van der Waals surface area contributed by atoms with Crippen LogP contribution in [0.25, 0.3) is 22.2 Å². The largest absolute Gasteiger partial charge is 0.378 e. The fraction of sp³-hybridized carbons (Fsp3) is 0.261. The molecule has 0 saturated carbocycles. The summed E-state index contributed by atoms with van der Waals surface area (Å²) >= 11 is 0. The third-order valence-electron chi connectivity index (χ3n) is 5.67. The number of hydrogen-bond donors (Lipinski definition) is 1. The van der Waals surface area contributed by atoms with Gasteiger partial charge in [0.2, 0.25) is 0 Å². The number of aromatic nitrogens is 5. The number of nitrogens with zero attached hydrogens (tertiary/aromatic N) is 6. The lowest BCUT2D eigenvalue weighted by Crippen LogP contribution is -2.36. The maximum absolute atomic E-state index is 12.9. The molecule has 5 heterocycles. The van der Waals surface area contributed by atoms with Crippen molar-refractivity contribution >= 4 is 28.3 Å². The molecule has 1 aliphatic rings. The summed E-state index contributed by atoms with van der Waals surface area (Å²) in [6.45, 7) is 4.79. The average molecular weight is 429 g/mol. The highest BCUT2D eigenvalue weighted by atomic mass is 16.5. The summed E-state index contributed by atoms with van der Waals surface area (Å²) < 4.78 is 7.38. The standard InChI is InChI=1S/C23H23N7O2/c1-15-25-14-20(29(15)2)19-9-17-10-21(27-13-18(17)12-26-19)28-23(31)16-3-4-24-22(11-16)30-5-7-32-8-6-30/h3-4,9-14H,5-8H2,1-2H3,(H,27,28,31). The molecule has 9 nitrogen and oxygen atoms in total. The predicted molar refractivity (Wildman–Crippen MR) is 122 cm³/mol. The van der Waals surface area contributed by atoms with Crippen molar-refractivity contribution in [1.29, 1.82) is 0 Å². The van der Waals surface area contributed by atoms with Gasteiger partial charge in [0.1, 0.15) is 17.5 Å². The average Bonchev–Trinajstić information content (AvgIpc) is 3.17. The Balaban J connectivity index is 1.39. The van der Waals surface area contributed by atoms with Gasteiger partial charge in [-0.25, -0.2) is 15.0 Å². The van der Waals surface area contributed by atoms with Crippen LogP contribution in [0.5, 0.6) is 0 Å². The van der Waals surface area contributed by atoms with E-state index in [4.69, 9.17) is 4.74 Å². The van der Waals surface area contributed by atoms with Crippen molar-refractivity contribution in [2.75, 3.05) is 36.5 Å². The molecule has 0 unspecified atom stereocenters. The number of anilines is 2. The first kappa shape index (κ1) is 20.1. The summed E-state index contributed by atoms with van der Waals surface area (Å²) in [4.78, 5) is 32.6. The molecule has 1 aliphatic heterocycles. The molecule has 0 spiro atoms. The Morgan fingerprint density at radius 1 is 1.00 bits per heavy atom. The fourth-order valence-corrected chi connectivity index (χ4v) is 3.70. The molecule has 162 valence electrons. The number of carbonyl (C=O) groups excluding carboxylic acids is 1. The summed E-state index contributed by atoms with van der Waals surface area (Å²) in [6, 6.07) is 7.33. The smallest absolute Gasteiger partial charge is 0.257 e. The molecule has 0 radical (unpaired) electrons. The van der Waals surface area contributed by atoms with E-state index < -0.39 is 0 Å². The second-order valence-electron chi connectivity index (χ2n) is 7.69. The van der Waals surface area contributed by atoms with E-state index in [0.29, 0.717) is 24.6 Å². The molecule has 4 aromatic heterocycles. The Kier molecular flexibility index (Phi) is 5.24. The zero-order valence-electron chi connectivity index (χ0n) is 17.9. The quantitative estimate of drug-likeness (QED) is 0.533. The van der Waals surface area contributed by atoms with Gasteiger partial charge in [0.05, 0.1) is 30.8 Å². The van der Waals surface area contributed by atoms with Crippen molar-refractivity contribution in [3.63, 3.8) is 0 Å². The molecule has 1 fully saturated rings. The molecule has 9 heteroatoms. The van der Waals surface area contributed by atoms with E-state index in [0.717, 1.165) is 46.9 Å². The Hall–Kier alpha value is -3.85. The highest BCUT2D eigenvalue weighted by Gasteiger charge is 2.15. The monoisotopic (exact) mass is 429 g/mol. The zero-order valence-corrected chi connectivity index (χ0v) is 17.9. The molecular formula is C23H23N7O2. The molecule has 0 aromatic carbocycles. The lowest BCUT2D eigenvalue weighted by atomic mass is 10.1. The van der Waals surface area contributed by atoms with Gasteiger partial charge in [-0.15, -0.1) is 0 Å². The van der Waals surface area contributed by atoms with Crippen molar-refractivity contribution in [1.82, 2.24) is 24.5 Å². The number of aryl methyl sites for hydroxylation is 1. The van der Waals surface area contributed by atoms with Crippen molar-refractivity contribution in [3.05, 3.63) is 60.4 Å². The highest BCUT2D eigenvalue weighted by Crippen LogP contribution is 2.24. The van der Waals surface area contributed by atoms with Crippen molar-refractivity contribution in [2.24, 2.45) is 7.05 Å². The van der Waals surface area contributed by atoms with Gasteiger partial charge >= 0.3 is 0 Å². The van der Waals surface area contributed by atoms with Gasteiger partial charge in [-0.3, -0.25) is 9.78 Å². The van der Waals surface area contributed by atoms with E-state index in [1.165, 1.54) is 0 Å². The number of amides is 1. The molecule has 0 aliphatic carbocycles. The van der Waals surface area contributed by atoms with Crippen LogP contribution < -0.4 is 10.2 Å². The van der Waals surface area contributed by atoms with E-state index in [9.17, 15) is 4.79 Å². The maximum atomic E-state index is 12.9. The van der Waals surface area contributed by atoms with Crippen LogP contribution >= 0.6 is 0 Å². The van der Waals surface area contributed by atoms with Crippen LogP contribution in [0.1, 0.15) is 16.2 Å². The molecule has 5 rings (SSSR count). The molecule has 1 N–H and O–H groups in total. The Bertz CT molecular complexity index is 1290.